The van der Waals surface area contributed by atoms with Gasteiger partial charge in [-0.25, -0.2) is 14.0 Å². The van der Waals surface area contributed by atoms with Gasteiger partial charge in [-0.15, -0.1) is 0 Å². The van der Waals surface area contributed by atoms with Crippen LogP contribution in [0.4, 0.5) is 21.7 Å². The van der Waals surface area contributed by atoms with Crippen molar-refractivity contribution >= 4 is 45.7 Å². The van der Waals surface area contributed by atoms with Crippen LogP contribution in [0.1, 0.15) is 11.3 Å². The number of nitrogens with one attached hydrogen (secondary N) is 3. The molecule has 10 heteroatoms. The van der Waals surface area contributed by atoms with Crippen LogP contribution < -0.4 is 10.7 Å². The van der Waals surface area contributed by atoms with E-state index in [4.69, 9.17) is 0 Å². The first-order valence-corrected chi connectivity index (χ1v) is 9.07. The van der Waals surface area contributed by atoms with Crippen LogP contribution in [0.2, 0.25) is 0 Å². The molecule has 0 saturated carbocycles. The fourth-order valence-corrected chi connectivity index (χ4v) is 3.12. The first-order chi connectivity index (χ1) is 14.7. The maximum Gasteiger partial charge on any atom is 0.245 e. The Bertz CT molecular complexity index is 1390. The molecule has 5 rings (SSSR count). The smallest absolute Gasteiger partial charge is 0.245 e. The first kappa shape index (κ1) is 17.7. The zero-order valence-corrected chi connectivity index (χ0v) is 15.7. The zero-order chi connectivity index (χ0) is 20.5. The van der Waals surface area contributed by atoms with Crippen molar-refractivity contribution in [2.24, 2.45) is 5.10 Å². The van der Waals surface area contributed by atoms with Gasteiger partial charge in [-0.2, -0.15) is 10.1 Å². The van der Waals surface area contributed by atoms with Crippen molar-refractivity contribution in [3.8, 4) is 0 Å². The minimum atomic E-state index is -0.429. The fourth-order valence-electron chi connectivity index (χ4n) is 3.12. The van der Waals surface area contributed by atoms with E-state index in [2.05, 4.69) is 45.7 Å². The maximum absolute atomic E-state index is 14.1. The van der Waals surface area contributed by atoms with Gasteiger partial charge >= 0.3 is 0 Å². The molecule has 3 heterocycles. The molecule has 0 fully saturated rings. The molecule has 148 valence electrons. The van der Waals surface area contributed by atoms with Crippen molar-refractivity contribution in [3.63, 3.8) is 0 Å². The lowest BCUT2D eigenvalue weighted by Crippen LogP contribution is -2.04. The van der Waals surface area contributed by atoms with E-state index in [1.807, 2.05) is 31.2 Å². The van der Waals surface area contributed by atoms with Gasteiger partial charge in [0.25, 0.3) is 0 Å². The van der Waals surface area contributed by atoms with Crippen LogP contribution in [-0.2, 0) is 0 Å². The normalized spacial score (nSPS) is 11.5. The van der Waals surface area contributed by atoms with Crippen molar-refractivity contribution in [1.29, 1.82) is 0 Å². The molecule has 0 aliphatic rings. The number of rotatable bonds is 5. The summed E-state index contributed by atoms with van der Waals surface area (Å²) in [5.74, 6) is 0.0489. The third kappa shape index (κ3) is 3.20. The van der Waals surface area contributed by atoms with Gasteiger partial charge < -0.3 is 10.3 Å². The van der Waals surface area contributed by atoms with Gasteiger partial charge in [-0.05, 0) is 35.4 Å². The fraction of sp³-hybridized carbons (Fsp3) is 0.0500. The lowest BCUT2D eigenvalue weighted by Gasteiger charge is -2.09. The minimum absolute atomic E-state index is 0.191. The number of H-pyrrole nitrogens is 1. The number of fused-ring (bicyclic) bond motifs is 2. The Morgan fingerprint density at radius 3 is 2.57 bits per heavy atom. The van der Waals surface area contributed by atoms with E-state index >= 15 is 0 Å². The van der Waals surface area contributed by atoms with E-state index in [9.17, 15) is 4.39 Å². The van der Waals surface area contributed by atoms with Crippen molar-refractivity contribution in [2.75, 3.05) is 10.7 Å². The standard InChI is InChI=1S/C20H15FN8O/c1-11-13(12-6-2-4-8-15(12)23-11)10-22-27-18-17(24-16-9-5-3-7-14(16)21)25-19-20(26-18)29-30-28-19/h2-10,23H,1H3,(H,24,25,28)(H,26,27,29)/b22-10-. The summed E-state index contributed by atoms with van der Waals surface area (Å²) in [5, 5.41) is 15.6. The van der Waals surface area contributed by atoms with Crippen molar-refractivity contribution in [1.82, 2.24) is 25.3 Å². The predicted molar refractivity (Wildman–Crippen MR) is 111 cm³/mol. The minimum Gasteiger partial charge on any atom is -0.358 e. The quantitative estimate of drug-likeness (QED) is 0.299. The van der Waals surface area contributed by atoms with Crippen LogP contribution in [-0.4, -0.2) is 31.5 Å². The SMILES string of the molecule is Cc1[nH]c2ccccc2c1/C=N\Nc1nc2nonc2nc1Nc1ccccc1F. The van der Waals surface area contributed by atoms with Gasteiger partial charge in [0.05, 0.1) is 11.9 Å². The highest BCUT2D eigenvalue weighted by molar-refractivity contribution is 6.00. The molecule has 0 unspecified atom stereocenters. The molecule has 0 aliphatic carbocycles. The molecule has 30 heavy (non-hydrogen) atoms. The van der Waals surface area contributed by atoms with Crippen LogP contribution in [0.15, 0.2) is 58.3 Å². The van der Waals surface area contributed by atoms with Crippen LogP contribution in [0.25, 0.3) is 22.2 Å². The Morgan fingerprint density at radius 2 is 1.73 bits per heavy atom. The van der Waals surface area contributed by atoms with Crippen molar-refractivity contribution in [3.05, 3.63) is 65.6 Å². The second kappa shape index (κ2) is 7.24. The highest BCUT2D eigenvalue weighted by Gasteiger charge is 2.14. The zero-order valence-electron chi connectivity index (χ0n) is 15.7. The number of anilines is 3. The largest absolute Gasteiger partial charge is 0.358 e. The summed E-state index contributed by atoms with van der Waals surface area (Å²) in [6, 6.07) is 14.2. The van der Waals surface area contributed by atoms with E-state index in [0.29, 0.717) is 0 Å². The third-order valence-electron chi connectivity index (χ3n) is 4.55. The van der Waals surface area contributed by atoms with Gasteiger partial charge in [0.15, 0.2) is 11.6 Å². The van der Waals surface area contributed by atoms with Gasteiger partial charge in [0, 0.05) is 22.2 Å². The number of hydrogen-bond donors (Lipinski definition) is 3. The van der Waals surface area contributed by atoms with E-state index in [1.165, 1.54) is 6.07 Å². The number of halogens is 1. The van der Waals surface area contributed by atoms with E-state index in [1.54, 1.807) is 24.4 Å². The average molecular weight is 402 g/mol. The second-order valence-electron chi connectivity index (χ2n) is 6.52. The Kier molecular flexibility index (Phi) is 4.28. The van der Waals surface area contributed by atoms with Crippen molar-refractivity contribution < 1.29 is 9.02 Å². The van der Waals surface area contributed by atoms with E-state index in [-0.39, 0.29) is 28.6 Å². The molecule has 0 aliphatic heterocycles. The van der Waals surface area contributed by atoms with Gasteiger partial charge in [-0.3, -0.25) is 5.43 Å². The molecule has 0 spiro atoms. The summed E-state index contributed by atoms with van der Waals surface area (Å²) in [5.41, 5.74) is 6.43. The third-order valence-corrected chi connectivity index (χ3v) is 4.55. The first-order valence-electron chi connectivity index (χ1n) is 9.07. The van der Waals surface area contributed by atoms with E-state index in [0.717, 1.165) is 22.2 Å². The number of nitrogens with zero attached hydrogens (tertiary/aromatic N) is 5. The van der Waals surface area contributed by atoms with Gasteiger partial charge in [-0.1, -0.05) is 30.3 Å². The van der Waals surface area contributed by atoms with Gasteiger partial charge in [0.2, 0.25) is 11.3 Å². The van der Waals surface area contributed by atoms with Crippen LogP contribution in [0.5, 0.6) is 0 Å². The Balaban J connectivity index is 1.49. The Hall–Kier alpha value is -4.34. The van der Waals surface area contributed by atoms with Crippen LogP contribution >= 0.6 is 0 Å². The number of hydrogen-bond acceptors (Lipinski definition) is 8. The molecule has 0 bridgehead atoms. The molecule has 2 aromatic carbocycles. The highest BCUT2D eigenvalue weighted by atomic mass is 19.1. The summed E-state index contributed by atoms with van der Waals surface area (Å²) in [6.07, 6.45) is 1.69. The highest BCUT2D eigenvalue weighted by Crippen LogP contribution is 2.25. The number of aryl methyl sites for hydroxylation is 1. The van der Waals surface area contributed by atoms with Crippen LogP contribution in [0, 0.1) is 12.7 Å². The number of aromatic amines is 1. The monoisotopic (exact) mass is 402 g/mol. The predicted octanol–water partition coefficient (Wildman–Crippen LogP) is 4.13. The molecule has 9 nitrogen and oxygen atoms in total. The number of benzene rings is 2. The molecular formula is C20H15FN8O. The molecule has 0 saturated heterocycles. The summed E-state index contributed by atoms with van der Waals surface area (Å²) in [7, 11) is 0. The summed E-state index contributed by atoms with van der Waals surface area (Å²) in [4.78, 5) is 11.9. The topological polar surface area (TPSA) is 117 Å². The lowest BCUT2D eigenvalue weighted by atomic mass is 10.1. The van der Waals surface area contributed by atoms with Gasteiger partial charge in [0.1, 0.15) is 5.82 Å². The molecule has 0 radical (unpaired) electrons. The molecular weight excluding hydrogens is 387 g/mol. The maximum atomic E-state index is 14.1. The summed E-state index contributed by atoms with van der Waals surface area (Å²) in [6.45, 7) is 1.97. The lowest BCUT2D eigenvalue weighted by molar-refractivity contribution is 0.314. The second-order valence-corrected chi connectivity index (χ2v) is 6.52. The average Bonchev–Trinajstić information content (AvgIpc) is 3.33. The number of aromatic nitrogens is 5. The molecule has 3 N–H and O–H groups in total. The number of hydrazone groups is 1. The molecule has 0 amide bonds. The molecule has 5 aromatic rings. The molecule has 0 atom stereocenters. The number of para-hydroxylation sites is 2. The van der Waals surface area contributed by atoms with E-state index < -0.39 is 5.82 Å². The molecule has 3 aromatic heterocycles. The summed E-state index contributed by atoms with van der Waals surface area (Å²) < 4.78 is 18.8. The summed E-state index contributed by atoms with van der Waals surface area (Å²) >= 11 is 0. The Morgan fingerprint density at radius 1 is 1.00 bits per heavy atom. The van der Waals surface area contributed by atoms with Crippen LogP contribution in [0.3, 0.4) is 0 Å². The Labute approximate surface area is 169 Å². The van der Waals surface area contributed by atoms with Crippen molar-refractivity contribution in [2.45, 2.75) is 6.92 Å².